The van der Waals surface area contributed by atoms with Crippen LogP contribution in [0, 0.1) is 0 Å². The predicted molar refractivity (Wildman–Crippen MR) is 88.1 cm³/mol. The summed E-state index contributed by atoms with van der Waals surface area (Å²) < 4.78 is 38.2. The van der Waals surface area contributed by atoms with E-state index in [0.29, 0.717) is 6.54 Å². The van der Waals surface area contributed by atoms with Gasteiger partial charge in [0.05, 0.1) is 5.56 Å². The third-order valence-electron chi connectivity index (χ3n) is 4.70. The van der Waals surface area contributed by atoms with Gasteiger partial charge >= 0.3 is 6.18 Å². The van der Waals surface area contributed by atoms with Crippen molar-refractivity contribution in [3.63, 3.8) is 0 Å². The van der Waals surface area contributed by atoms with Crippen molar-refractivity contribution in [1.82, 2.24) is 4.90 Å². The standard InChI is InChI=1S/C19H21F3N2/c1-2-18(14-5-7-17(8-6-14)19(20,21)22)24-11-15-4-3-13(10-23)9-16(15)12-24/h3-9,18H,2,10-12,23H2,1H3. The quantitative estimate of drug-likeness (QED) is 0.883. The van der Waals surface area contributed by atoms with Gasteiger partial charge in [0.2, 0.25) is 0 Å². The van der Waals surface area contributed by atoms with E-state index in [2.05, 4.69) is 24.0 Å². The first-order valence-corrected chi connectivity index (χ1v) is 8.14. The lowest BCUT2D eigenvalue weighted by atomic mass is 10.0. The smallest absolute Gasteiger partial charge is 0.326 e. The number of rotatable bonds is 4. The maximum absolute atomic E-state index is 12.7. The van der Waals surface area contributed by atoms with Gasteiger partial charge in [-0.15, -0.1) is 0 Å². The van der Waals surface area contributed by atoms with Crippen LogP contribution in [0.1, 0.15) is 47.2 Å². The van der Waals surface area contributed by atoms with E-state index in [4.69, 9.17) is 5.73 Å². The van der Waals surface area contributed by atoms with Crippen LogP contribution in [0.4, 0.5) is 13.2 Å². The van der Waals surface area contributed by atoms with Gasteiger partial charge in [-0.05, 0) is 40.8 Å². The summed E-state index contributed by atoms with van der Waals surface area (Å²) in [5, 5.41) is 0. The third-order valence-corrected chi connectivity index (χ3v) is 4.70. The normalized spacial score (nSPS) is 16.2. The molecule has 0 aliphatic carbocycles. The molecule has 0 saturated heterocycles. The van der Waals surface area contributed by atoms with Crippen LogP contribution in [0.3, 0.4) is 0 Å². The molecule has 128 valence electrons. The van der Waals surface area contributed by atoms with E-state index in [0.717, 1.165) is 30.6 Å². The van der Waals surface area contributed by atoms with Crippen molar-refractivity contribution in [2.24, 2.45) is 5.73 Å². The highest BCUT2D eigenvalue weighted by molar-refractivity contribution is 5.36. The molecule has 2 aromatic rings. The highest BCUT2D eigenvalue weighted by Gasteiger charge is 2.31. The number of halogens is 3. The van der Waals surface area contributed by atoms with Crippen molar-refractivity contribution in [2.75, 3.05) is 0 Å². The second-order valence-corrected chi connectivity index (χ2v) is 6.26. The lowest BCUT2D eigenvalue weighted by Crippen LogP contribution is -2.23. The summed E-state index contributed by atoms with van der Waals surface area (Å²) in [5.41, 5.74) is 9.68. The third kappa shape index (κ3) is 3.32. The van der Waals surface area contributed by atoms with E-state index >= 15 is 0 Å². The molecular formula is C19H21F3N2. The summed E-state index contributed by atoms with van der Waals surface area (Å²) in [6.45, 7) is 4.21. The molecule has 0 amide bonds. The van der Waals surface area contributed by atoms with E-state index in [9.17, 15) is 13.2 Å². The van der Waals surface area contributed by atoms with Gasteiger partial charge in [-0.1, -0.05) is 37.3 Å². The fourth-order valence-electron chi connectivity index (χ4n) is 3.42. The fraction of sp³-hybridized carbons (Fsp3) is 0.368. The molecule has 2 aromatic carbocycles. The number of nitrogens with two attached hydrogens (primary N) is 1. The molecule has 3 rings (SSSR count). The van der Waals surface area contributed by atoms with Crippen LogP contribution in [0.25, 0.3) is 0 Å². The van der Waals surface area contributed by atoms with Crippen LogP contribution in [0.15, 0.2) is 42.5 Å². The number of alkyl halides is 3. The number of fused-ring (bicyclic) bond motifs is 1. The zero-order valence-electron chi connectivity index (χ0n) is 13.6. The van der Waals surface area contributed by atoms with Crippen LogP contribution in [0.2, 0.25) is 0 Å². The summed E-state index contributed by atoms with van der Waals surface area (Å²) in [7, 11) is 0. The summed E-state index contributed by atoms with van der Waals surface area (Å²) in [6.07, 6.45) is -3.44. The second kappa shape index (κ2) is 6.57. The SMILES string of the molecule is CCC(c1ccc(C(F)(F)F)cc1)N1Cc2ccc(CN)cc2C1. The lowest BCUT2D eigenvalue weighted by molar-refractivity contribution is -0.137. The van der Waals surface area contributed by atoms with E-state index in [1.165, 1.54) is 23.3 Å². The zero-order valence-corrected chi connectivity index (χ0v) is 13.6. The van der Waals surface area contributed by atoms with Gasteiger partial charge in [-0.25, -0.2) is 0 Å². The van der Waals surface area contributed by atoms with Crippen LogP contribution in [-0.4, -0.2) is 4.90 Å². The van der Waals surface area contributed by atoms with Crippen molar-refractivity contribution >= 4 is 0 Å². The van der Waals surface area contributed by atoms with Gasteiger partial charge < -0.3 is 5.73 Å². The largest absolute Gasteiger partial charge is 0.416 e. The molecule has 1 atom stereocenters. The molecule has 5 heteroatoms. The van der Waals surface area contributed by atoms with Gasteiger partial charge in [0.25, 0.3) is 0 Å². The van der Waals surface area contributed by atoms with Crippen molar-refractivity contribution < 1.29 is 13.2 Å². The number of benzene rings is 2. The zero-order chi connectivity index (χ0) is 17.3. The molecule has 1 aliphatic heterocycles. The first kappa shape index (κ1) is 17.0. The topological polar surface area (TPSA) is 29.3 Å². The molecule has 0 saturated carbocycles. The van der Waals surface area contributed by atoms with Gasteiger partial charge in [0, 0.05) is 25.7 Å². The molecule has 24 heavy (non-hydrogen) atoms. The van der Waals surface area contributed by atoms with Gasteiger partial charge in [0.1, 0.15) is 0 Å². The number of nitrogens with zero attached hydrogens (tertiary/aromatic N) is 1. The summed E-state index contributed by atoms with van der Waals surface area (Å²) in [4.78, 5) is 2.31. The fourth-order valence-corrected chi connectivity index (χ4v) is 3.42. The van der Waals surface area contributed by atoms with Gasteiger partial charge in [-0.2, -0.15) is 13.2 Å². The Morgan fingerprint density at radius 1 is 1.04 bits per heavy atom. The summed E-state index contributed by atoms with van der Waals surface area (Å²) in [6, 6.07) is 12.0. The van der Waals surface area contributed by atoms with Crippen LogP contribution >= 0.6 is 0 Å². The van der Waals surface area contributed by atoms with Gasteiger partial charge in [-0.3, -0.25) is 4.90 Å². The van der Waals surface area contributed by atoms with Crippen molar-refractivity contribution in [2.45, 2.75) is 45.2 Å². The Labute approximate surface area is 140 Å². The maximum atomic E-state index is 12.7. The average molecular weight is 334 g/mol. The molecule has 0 radical (unpaired) electrons. The van der Waals surface area contributed by atoms with E-state index in [-0.39, 0.29) is 6.04 Å². The first-order valence-electron chi connectivity index (χ1n) is 8.14. The molecule has 2 nitrogen and oxygen atoms in total. The van der Waals surface area contributed by atoms with Crippen LogP contribution in [0.5, 0.6) is 0 Å². The van der Waals surface area contributed by atoms with Crippen molar-refractivity contribution in [3.05, 3.63) is 70.3 Å². The molecule has 0 spiro atoms. The monoisotopic (exact) mass is 334 g/mol. The highest BCUT2D eigenvalue weighted by Crippen LogP contribution is 2.35. The molecule has 1 heterocycles. The Bertz CT molecular complexity index is 708. The summed E-state index contributed by atoms with van der Waals surface area (Å²) in [5.74, 6) is 0. The Morgan fingerprint density at radius 3 is 2.29 bits per heavy atom. The van der Waals surface area contributed by atoms with Crippen LogP contribution in [-0.2, 0) is 25.8 Å². The molecule has 2 N–H and O–H groups in total. The number of hydrogen-bond donors (Lipinski definition) is 1. The van der Waals surface area contributed by atoms with E-state index in [1.54, 1.807) is 12.1 Å². The Balaban J connectivity index is 1.80. The second-order valence-electron chi connectivity index (χ2n) is 6.26. The summed E-state index contributed by atoms with van der Waals surface area (Å²) >= 11 is 0. The van der Waals surface area contributed by atoms with E-state index in [1.807, 2.05) is 6.07 Å². The number of hydrogen-bond acceptors (Lipinski definition) is 2. The lowest BCUT2D eigenvalue weighted by Gasteiger charge is -2.27. The molecule has 0 bridgehead atoms. The Morgan fingerprint density at radius 2 is 1.71 bits per heavy atom. The highest BCUT2D eigenvalue weighted by atomic mass is 19.4. The molecule has 1 unspecified atom stereocenters. The minimum Gasteiger partial charge on any atom is -0.326 e. The Hall–Kier alpha value is -1.85. The minimum atomic E-state index is -4.29. The van der Waals surface area contributed by atoms with Gasteiger partial charge in [0.15, 0.2) is 0 Å². The predicted octanol–water partition coefficient (Wildman–Crippen LogP) is 4.63. The first-order chi connectivity index (χ1) is 11.4. The Kier molecular flexibility index (Phi) is 4.65. The molecular weight excluding hydrogens is 313 g/mol. The molecule has 1 aliphatic rings. The average Bonchev–Trinajstić information content (AvgIpc) is 2.97. The molecule has 0 fully saturated rings. The van der Waals surface area contributed by atoms with Crippen LogP contribution < -0.4 is 5.73 Å². The van der Waals surface area contributed by atoms with E-state index < -0.39 is 11.7 Å². The molecule has 0 aromatic heterocycles. The van der Waals surface area contributed by atoms with Crippen molar-refractivity contribution in [1.29, 1.82) is 0 Å². The minimum absolute atomic E-state index is 0.112. The maximum Gasteiger partial charge on any atom is 0.416 e. The van der Waals surface area contributed by atoms with Crippen molar-refractivity contribution in [3.8, 4) is 0 Å².